The van der Waals surface area contributed by atoms with E-state index in [-0.39, 0.29) is 29.5 Å². The summed E-state index contributed by atoms with van der Waals surface area (Å²) in [6.07, 6.45) is 5.06. The average Bonchev–Trinajstić information content (AvgIpc) is 3.45. The highest BCUT2D eigenvalue weighted by molar-refractivity contribution is 5.99. The number of carbonyl (C=O) groups excluding carboxylic acids is 1. The van der Waals surface area contributed by atoms with E-state index in [0.717, 1.165) is 30.4 Å². The Bertz CT molecular complexity index is 975. The number of aliphatic imine (C=N–C) groups is 1. The van der Waals surface area contributed by atoms with Crippen LogP contribution >= 0.6 is 0 Å². The van der Waals surface area contributed by atoms with Crippen LogP contribution in [0.15, 0.2) is 23.2 Å². The monoisotopic (exact) mass is 407 g/mol. The number of amides is 1. The van der Waals surface area contributed by atoms with Gasteiger partial charge >= 0.3 is 0 Å². The van der Waals surface area contributed by atoms with Crippen LogP contribution in [0.25, 0.3) is 0 Å². The molecule has 6 nitrogen and oxygen atoms in total. The van der Waals surface area contributed by atoms with E-state index in [1.165, 1.54) is 23.3 Å². The van der Waals surface area contributed by atoms with Gasteiger partial charge in [-0.15, -0.1) is 0 Å². The molecule has 2 N–H and O–H groups in total. The predicted octanol–water partition coefficient (Wildman–Crippen LogP) is 2.19. The summed E-state index contributed by atoms with van der Waals surface area (Å²) in [6.45, 7) is 0. The topological polar surface area (TPSA) is 77.2 Å². The average molecular weight is 408 g/mol. The summed E-state index contributed by atoms with van der Waals surface area (Å²) in [5.74, 6) is 7.50. The van der Waals surface area contributed by atoms with Crippen LogP contribution in [0.4, 0.5) is 0 Å². The highest BCUT2D eigenvalue weighted by atomic mass is 16.5. The number of methoxy groups -OCH3 is 2. The van der Waals surface area contributed by atoms with Gasteiger partial charge in [-0.2, -0.15) is 0 Å². The fourth-order valence-electron chi connectivity index (χ4n) is 5.71. The van der Waals surface area contributed by atoms with E-state index in [1.807, 2.05) is 0 Å². The number of hydrogen-bond acceptors (Lipinski definition) is 5. The molecule has 1 aromatic carbocycles. The molecule has 0 aromatic heterocycles. The Morgan fingerprint density at radius 2 is 1.87 bits per heavy atom. The number of fused-ring (bicyclic) bond motifs is 3. The van der Waals surface area contributed by atoms with Gasteiger partial charge in [0.25, 0.3) is 0 Å². The second-order valence-electron chi connectivity index (χ2n) is 9.29. The standard InChI is InChI=1S/C24H29N3O3/c1-27-21(28)14-24(26-22(27)25)18-10-16(7-6-15-4-5-15)8-9-17(18)11-23(24)12-19(29-2)20(13-23)30-3/h8-10,15,19-20H,4-5,11-14H2,1-3H3,(H2,25,26). The molecule has 0 radical (unpaired) electrons. The number of nitrogens with zero attached hydrogens (tertiary/aromatic N) is 2. The maximum Gasteiger partial charge on any atom is 0.231 e. The van der Waals surface area contributed by atoms with Crippen LogP contribution in [-0.4, -0.2) is 50.2 Å². The van der Waals surface area contributed by atoms with E-state index in [4.69, 9.17) is 20.2 Å². The molecule has 1 aliphatic heterocycles. The third kappa shape index (κ3) is 2.79. The molecule has 2 fully saturated rings. The van der Waals surface area contributed by atoms with Crippen molar-refractivity contribution in [2.45, 2.75) is 56.3 Å². The van der Waals surface area contributed by atoms with Gasteiger partial charge in [-0.05, 0) is 55.4 Å². The van der Waals surface area contributed by atoms with Crippen molar-refractivity contribution in [1.29, 1.82) is 0 Å². The van der Waals surface area contributed by atoms with Crippen LogP contribution in [0.1, 0.15) is 48.8 Å². The Labute approximate surface area is 177 Å². The molecule has 3 unspecified atom stereocenters. The van der Waals surface area contributed by atoms with Crippen molar-refractivity contribution in [3.8, 4) is 11.8 Å². The molecule has 0 bridgehead atoms. The Hall–Kier alpha value is -2.36. The normalized spacial score (nSPS) is 34.8. The molecule has 30 heavy (non-hydrogen) atoms. The first kappa shape index (κ1) is 19.6. The van der Waals surface area contributed by atoms with Crippen molar-refractivity contribution in [1.82, 2.24) is 4.90 Å². The molecule has 6 heteroatoms. The van der Waals surface area contributed by atoms with Crippen molar-refractivity contribution in [2.24, 2.45) is 22.1 Å². The lowest BCUT2D eigenvalue weighted by molar-refractivity contribution is -0.130. The van der Waals surface area contributed by atoms with Crippen molar-refractivity contribution >= 4 is 11.9 Å². The lowest BCUT2D eigenvalue weighted by Gasteiger charge is -2.45. The molecule has 3 aliphatic carbocycles. The van der Waals surface area contributed by atoms with E-state index < -0.39 is 5.54 Å². The van der Waals surface area contributed by atoms with Crippen molar-refractivity contribution in [3.63, 3.8) is 0 Å². The summed E-state index contributed by atoms with van der Waals surface area (Å²) in [6, 6.07) is 6.41. The zero-order valence-electron chi connectivity index (χ0n) is 17.9. The Kier molecular flexibility index (Phi) is 4.46. The first-order chi connectivity index (χ1) is 14.4. The van der Waals surface area contributed by atoms with Crippen LogP contribution in [-0.2, 0) is 26.2 Å². The lowest BCUT2D eigenvalue weighted by atomic mass is 9.66. The molecule has 2 saturated carbocycles. The summed E-state index contributed by atoms with van der Waals surface area (Å²) in [4.78, 5) is 19.5. The third-order valence-electron chi connectivity index (χ3n) is 7.59. The smallest absolute Gasteiger partial charge is 0.231 e. The zero-order chi connectivity index (χ0) is 21.1. The van der Waals surface area contributed by atoms with E-state index in [9.17, 15) is 4.79 Å². The number of carbonyl (C=O) groups is 1. The second kappa shape index (κ2) is 6.83. The highest BCUT2D eigenvalue weighted by Crippen LogP contribution is 2.63. The minimum Gasteiger partial charge on any atom is -0.379 e. The Morgan fingerprint density at radius 1 is 1.17 bits per heavy atom. The molecule has 0 saturated heterocycles. The van der Waals surface area contributed by atoms with Crippen molar-refractivity contribution < 1.29 is 14.3 Å². The van der Waals surface area contributed by atoms with Gasteiger partial charge in [0.15, 0.2) is 5.96 Å². The van der Waals surface area contributed by atoms with Crippen LogP contribution in [0.3, 0.4) is 0 Å². The number of guanidine groups is 1. The molecule has 2 spiro atoms. The molecule has 1 amide bonds. The number of nitrogens with two attached hydrogens (primary N) is 1. The fourth-order valence-corrected chi connectivity index (χ4v) is 5.71. The molecule has 158 valence electrons. The van der Waals surface area contributed by atoms with E-state index >= 15 is 0 Å². The maximum atomic E-state index is 13.0. The van der Waals surface area contributed by atoms with Crippen LogP contribution in [0, 0.1) is 23.2 Å². The number of hydrogen-bond donors (Lipinski definition) is 1. The number of ether oxygens (including phenoxy) is 2. The molecule has 4 aliphatic rings. The van der Waals surface area contributed by atoms with Gasteiger partial charge in [0, 0.05) is 38.2 Å². The molecule has 1 heterocycles. The van der Waals surface area contributed by atoms with Crippen LogP contribution in [0.2, 0.25) is 0 Å². The van der Waals surface area contributed by atoms with Gasteiger partial charge in [-0.25, -0.2) is 4.99 Å². The van der Waals surface area contributed by atoms with Gasteiger partial charge in [0.05, 0.1) is 18.6 Å². The molecule has 5 rings (SSSR count). The summed E-state index contributed by atoms with van der Waals surface area (Å²) in [7, 11) is 5.15. The summed E-state index contributed by atoms with van der Waals surface area (Å²) >= 11 is 0. The van der Waals surface area contributed by atoms with Crippen LogP contribution < -0.4 is 5.73 Å². The minimum atomic E-state index is -0.697. The lowest BCUT2D eigenvalue weighted by Crippen LogP contribution is -2.53. The van der Waals surface area contributed by atoms with Crippen molar-refractivity contribution in [2.75, 3.05) is 21.3 Å². The second-order valence-corrected chi connectivity index (χ2v) is 9.29. The zero-order valence-corrected chi connectivity index (χ0v) is 17.9. The molecular formula is C24H29N3O3. The number of benzene rings is 1. The highest BCUT2D eigenvalue weighted by Gasteiger charge is 2.65. The SMILES string of the molecule is COC1CC2(Cc3ccc(C#CC4CC4)cc3C23CC(=O)N(C)C(N)=N3)CC1OC. The maximum absolute atomic E-state index is 13.0. The first-order valence-corrected chi connectivity index (χ1v) is 10.7. The Morgan fingerprint density at radius 3 is 2.47 bits per heavy atom. The van der Waals surface area contributed by atoms with E-state index in [0.29, 0.717) is 12.3 Å². The molecule has 3 atom stereocenters. The van der Waals surface area contributed by atoms with E-state index in [2.05, 4.69) is 30.0 Å². The first-order valence-electron chi connectivity index (χ1n) is 10.7. The van der Waals surface area contributed by atoms with Gasteiger partial charge in [0.2, 0.25) is 5.91 Å². The predicted molar refractivity (Wildman–Crippen MR) is 114 cm³/mol. The van der Waals surface area contributed by atoms with Gasteiger partial charge in [-0.3, -0.25) is 9.69 Å². The van der Waals surface area contributed by atoms with Crippen molar-refractivity contribution in [3.05, 3.63) is 34.9 Å². The third-order valence-corrected chi connectivity index (χ3v) is 7.59. The van der Waals surface area contributed by atoms with Gasteiger partial charge < -0.3 is 15.2 Å². The quantitative estimate of drug-likeness (QED) is 0.763. The van der Waals surface area contributed by atoms with Crippen LogP contribution in [0.5, 0.6) is 0 Å². The van der Waals surface area contributed by atoms with Gasteiger partial charge in [0.1, 0.15) is 5.54 Å². The Balaban J connectivity index is 1.66. The number of rotatable bonds is 2. The fraction of sp³-hybridized carbons (Fsp3) is 0.583. The van der Waals surface area contributed by atoms with E-state index in [1.54, 1.807) is 21.3 Å². The summed E-state index contributed by atoms with van der Waals surface area (Å²) in [5.41, 5.74) is 8.63. The summed E-state index contributed by atoms with van der Waals surface area (Å²) in [5, 5.41) is 0. The summed E-state index contributed by atoms with van der Waals surface area (Å²) < 4.78 is 11.6. The van der Waals surface area contributed by atoms with Gasteiger partial charge in [-0.1, -0.05) is 17.9 Å². The largest absolute Gasteiger partial charge is 0.379 e. The minimum absolute atomic E-state index is 0.000902. The molecule has 1 aromatic rings. The molecular weight excluding hydrogens is 378 g/mol.